The van der Waals surface area contributed by atoms with E-state index in [0.29, 0.717) is 22.0 Å². The molecule has 0 aliphatic carbocycles. The summed E-state index contributed by atoms with van der Waals surface area (Å²) in [6.45, 7) is 3.32. The van der Waals surface area contributed by atoms with E-state index in [1.165, 1.54) is 0 Å². The predicted molar refractivity (Wildman–Crippen MR) is 107 cm³/mol. The van der Waals surface area contributed by atoms with Crippen LogP contribution in [0.25, 0.3) is 0 Å². The number of rotatable bonds is 5. The average molecular weight is 387 g/mol. The number of hydrogen-bond donors (Lipinski definition) is 1. The molecule has 1 heterocycles. The second-order valence-corrected chi connectivity index (χ2v) is 7.13. The van der Waals surface area contributed by atoms with Crippen LogP contribution >= 0.6 is 11.6 Å². The topological polar surface area (TPSA) is 58.6 Å². The summed E-state index contributed by atoms with van der Waals surface area (Å²) >= 11 is 6.07. The molecular formula is C21H23ClN2O3. The number of nitrogens with zero attached hydrogens (tertiary/aromatic N) is 1. The number of anilines is 1. The molecule has 3 rings (SSSR count). The van der Waals surface area contributed by atoms with E-state index in [1.807, 2.05) is 36.1 Å². The Morgan fingerprint density at radius 1 is 1.07 bits per heavy atom. The largest absolute Gasteiger partial charge is 0.484 e. The summed E-state index contributed by atoms with van der Waals surface area (Å²) < 4.78 is 5.50. The first kappa shape index (κ1) is 19.2. The van der Waals surface area contributed by atoms with Crippen molar-refractivity contribution in [1.82, 2.24) is 4.90 Å². The van der Waals surface area contributed by atoms with Gasteiger partial charge in [0.2, 0.25) is 0 Å². The van der Waals surface area contributed by atoms with E-state index in [0.717, 1.165) is 37.9 Å². The molecule has 1 aliphatic heterocycles. The van der Waals surface area contributed by atoms with E-state index >= 15 is 0 Å². The lowest BCUT2D eigenvalue weighted by molar-refractivity contribution is -0.118. The number of carbonyl (C=O) groups excluding carboxylic acids is 2. The monoisotopic (exact) mass is 386 g/mol. The number of benzene rings is 2. The summed E-state index contributed by atoms with van der Waals surface area (Å²) in [5.74, 6) is 0.193. The Hall–Kier alpha value is -2.53. The van der Waals surface area contributed by atoms with Crippen LogP contribution in [0, 0.1) is 6.92 Å². The number of aryl methyl sites for hydroxylation is 1. The Morgan fingerprint density at radius 2 is 1.78 bits per heavy atom. The maximum Gasteiger partial charge on any atom is 0.262 e. The van der Waals surface area contributed by atoms with Gasteiger partial charge in [-0.2, -0.15) is 0 Å². The highest BCUT2D eigenvalue weighted by Crippen LogP contribution is 2.24. The smallest absolute Gasteiger partial charge is 0.262 e. The zero-order valence-electron chi connectivity index (χ0n) is 15.3. The Labute approximate surface area is 164 Å². The average Bonchev–Trinajstić information content (AvgIpc) is 2.68. The molecule has 0 bridgehead atoms. The molecular weight excluding hydrogens is 364 g/mol. The number of nitrogens with one attached hydrogen (secondary N) is 1. The highest BCUT2D eigenvalue weighted by molar-refractivity contribution is 6.31. The fourth-order valence-electron chi connectivity index (χ4n) is 3.04. The highest BCUT2D eigenvalue weighted by atomic mass is 35.5. The Kier molecular flexibility index (Phi) is 6.35. The summed E-state index contributed by atoms with van der Waals surface area (Å²) in [7, 11) is 0. The van der Waals surface area contributed by atoms with Crippen molar-refractivity contribution in [2.75, 3.05) is 25.0 Å². The van der Waals surface area contributed by atoms with Crippen molar-refractivity contribution in [3.05, 3.63) is 58.6 Å². The quantitative estimate of drug-likeness (QED) is 0.833. The lowest BCUT2D eigenvalue weighted by Crippen LogP contribution is -2.36. The van der Waals surface area contributed by atoms with Crippen molar-refractivity contribution < 1.29 is 14.3 Å². The summed E-state index contributed by atoms with van der Waals surface area (Å²) in [6.07, 6.45) is 3.15. The number of amides is 2. The van der Waals surface area contributed by atoms with Gasteiger partial charge in [-0.15, -0.1) is 0 Å². The van der Waals surface area contributed by atoms with Gasteiger partial charge in [0, 0.05) is 18.1 Å². The summed E-state index contributed by atoms with van der Waals surface area (Å²) in [5, 5.41) is 3.22. The minimum absolute atomic E-state index is 0.0823. The Bertz CT molecular complexity index is 815. The van der Waals surface area contributed by atoms with E-state index in [2.05, 4.69) is 5.32 Å². The number of likely N-dealkylation sites (tertiary alicyclic amines) is 1. The normalized spacial score (nSPS) is 13.9. The highest BCUT2D eigenvalue weighted by Gasteiger charge is 2.21. The first-order valence-electron chi connectivity index (χ1n) is 9.11. The molecule has 2 amide bonds. The third kappa shape index (κ3) is 5.23. The molecule has 5 nitrogen and oxygen atoms in total. The lowest BCUT2D eigenvalue weighted by atomic mass is 10.1. The zero-order chi connectivity index (χ0) is 19.2. The van der Waals surface area contributed by atoms with Crippen LogP contribution in [0.4, 0.5) is 5.69 Å². The van der Waals surface area contributed by atoms with Crippen LogP contribution in [0.2, 0.25) is 5.02 Å². The predicted octanol–water partition coefficient (Wildman–Crippen LogP) is 4.29. The second kappa shape index (κ2) is 8.91. The maximum atomic E-state index is 12.8. The number of hydrogen-bond acceptors (Lipinski definition) is 3. The minimum Gasteiger partial charge on any atom is -0.484 e. The van der Waals surface area contributed by atoms with Gasteiger partial charge in [-0.05, 0) is 56.5 Å². The first-order valence-corrected chi connectivity index (χ1v) is 9.49. The molecule has 0 radical (unpaired) electrons. The van der Waals surface area contributed by atoms with Gasteiger partial charge >= 0.3 is 0 Å². The molecule has 0 spiro atoms. The van der Waals surface area contributed by atoms with Crippen LogP contribution in [0.3, 0.4) is 0 Å². The van der Waals surface area contributed by atoms with Crippen LogP contribution in [-0.2, 0) is 4.79 Å². The molecule has 27 heavy (non-hydrogen) atoms. The molecule has 2 aromatic rings. The molecule has 0 atom stereocenters. The molecule has 6 heteroatoms. The van der Waals surface area contributed by atoms with Gasteiger partial charge in [-0.3, -0.25) is 9.59 Å². The molecule has 1 N–H and O–H groups in total. The van der Waals surface area contributed by atoms with Gasteiger partial charge in [-0.25, -0.2) is 0 Å². The van der Waals surface area contributed by atoms with Crippen LogP contribution in [0.15, 0.2) is 42.5 Å². The van der Waals surface area contributed by atoms with Crippen molar-refractivity contribution in [2.24, 2.45) is 0 Å². The minimum atomic E-state index is -0.342. The number of piperidine rings is 1. The summed E-state index contributed by atoms with van der Waals surface area (Å²) in [4.78, 5) is 27.0. The molecule has 0 aromatic heterocycles. The van der Waals surface area contributed by atoms with Gasteiger partial charge in [0.1, 0.15) is 5.75 Å². The van der Waals surface area contributed by atoms with Crippen molar-refractivity contribution in [3.63, 3.8) is 0 Å². The molecule has 2 aromatic carbocycles. The molecule has 1 fully saturated rings. The van der Waals surface area contributed by atoms with Gasteiger partial charge < -0.3 is 15.0 Å². The van der Waals surface area contributed by atoms with Crippen molar-refractivity contribution in [1.29, 1.82) is 0 Å². The lowest BCUT2D eigenvalue weighted by Gasteiger charge is -2.27. The van der Waals surface area contributed by atoms with Crippen LogP contribution in [-0.4, -0.2) is 36.4 Å². The van der Waals surface area contributed by atoms with E-state index in [9.17, 15) is 9.59 Å². The van der Waals surface area contributed by atoms with Gasteiger partial charge in [0.15, 0.2) is 6.61 Å². The summed E-state index contributed by atoms with van der Waals surface area (Å²) in [5.41, 5.74) is 1.98. The van der Waals surface area contributed by atoms with E-state index < -0.39 is 0 Å². The maximum absolute atomic E-state index is 12.8. The summed E-state index contributed by atoms with van der Waals surface area (Å²) in [6, 6.07) is 12.4. The molecule has 0 saturated carbocycles. The fourth-order valence-corrected chi connectivity index (χ4v) is 3.22. The third-order valence-electron chi connectivity index (χ3n) is 4.52. The van der Waals surface area contributed by atoms with Crippen molar-refractivity contribution in [2.45, 2.75) is 26.2 Å². The first-order chi connectivity index (χ1) is 13.0. The second-order valence-electron chi connectivity index (χ2n) is 6.69. The molecule has 0 unspecified atom stereocenters. The Morgan fingerprint density at radius 3 is 2.48 bits per heavy atom. The SMILES string of the molecule is Cc1ccc(OCC(=O)Nc2cc(Cl)ccc2C(=O)N2CCCCC2)cc1. The number of halogens is 1. The fraction of sp³-hybridized carbons (Fsp3) is 0.333. The van der Waals surface area contributed by atoms with Gasteiger partial charge in [0.25, 0.3) is 11.8 Å². The Balaban J connectivity index is 1.67. The van der Waals surface area contributed by atoms with Crippen molar-refractivity contribution >= 4 is 29.1 Å². The van der Waals surface area contributed by atoms with Gasteiger partial charge in [-0.1, -0.05) is 29.3 Å². The zero-order valence-corrected chi connectivity index (χ0v) is 16.1. The molecule has 1 saturated heterocycles. The number of carbonyl (C=O) groups is 2. The van der Waals surface area contributed by atoms with Crippen LogP contribution in [0.5, 0.6) is 5.75 Å². The molecule has 1 aliphatic rings. The van der Waals surface area contributed by atoms with E-state index in [-0.39, 0.29) is 18.4 Å². The van der Waals surface area contributed by atoms with E-state index in [4.69, 9.17) is 16.3 Å². The van der Waals surface area contributed by atoms with Crippen LogP contribution in [0.1, 0.15) is 35.2 Å². The van der Waals surface area contributed by atoms with E-state index in [1.54, 1.807) is 18.2 Å². The number of ether oxygens (including phenoxy) is 1. The van der Waals surface area contributed by atoms with Gasteiger partial charge in [0.05, 0.1) is 11.3 Å². The standard InChI is InChI=1S/C21H23ClN2O3/c1-15-5-8-17(9-6-15)27-14-20(25)23-19-13-16(22)7-10-18(19)21(26)24-11-3-2-4-12-24/h5-10,13H,2-4,11-12,14H2,1H3,(H,23,25). The van der Waals surface area contributed by atoms with Crippen LogP contribution < -0.4 is 10.1 Å². The third-order valence-corrected chi connectivity index (χ3v) is 4.76. The molecule has 142 valence electrons. The van der Waals surface area contributed by atoms with Crippen molar-refractivity contribution in [3.8, 4) is 5.75 Å².